The molecule has 0 spiro atoms. The lowest BCUT2D eigenvalue weighted by Gasteiger charge is -2.06. The van der Waals surface area contributed by atoms with Crippen LogP contribution in [0.25, 0.3) is 0 Å². The molecule has 0 atom stereocenters. The Morgan fingerprint density at radius 3 is 2.40 bits per heavy atom. The van der Waals surface area contributed by atoms with Crippen LogP contribution in [-0.2, 0) is 29.0 Å². The lowest BCUT2D eigenvalue weighted by atomic mass is 10.1. The zero-order chi connectivity index (χ0) is 14.2. The first-order valence-corrected chi connectivity index (χ1v) is 7.73. The van der Waals surface area contributed by atoms with Crippen LogP contribution in [0.5, 0.6) is 0 Å². The van der Waals surface area contributed by atoms with Crippen LogP contribution in [0, 0.1) is 0 Å². The Labute approximate surface area is 127 Å². The first-order valence-electron chi connectivity index (χ1n) is 6.61. The summed E-state index contributed by atoms with van der Waals surface area (Å²) in [7, 11) is 0. The highest BCUT2D eigenvalue weighted by atomic mass is 79.9. The number of aryl methyl sites for hydroxylation is 1. The number of alkyl halides is 1. The van der Waals surface area contributed by atoms with Crippen molar-refractivity contribution in [2.75, 3.05) is 5.33 Å². The summed E-state index contributed by atoms with van der Waals surface area (Å²) in [5, 5.41) is 0.926. The van der Waals surface area contributed by atoms with Crippen LogP contribution in [0.15, 0.2) is 54.6 Å². The fourth-order valence-corrected chi connectivity index (χ4v) is 2.42. The number of halogens is 1. The van der Waals surface area contributed by atoms with Crippen molar-refractivity contribution in [1.29, 1.82) is 0 Å². The molecule has 3 heteroatoms. The second kappa shape index (κ2) is 7.85. The fraction of sp³-hybridized carbons (Fsp3) is 0.235. The third-order valence-corrected chi connectivity index (χ3v) is 3.36. The molecule has 2 aromatic rings. The van der Waals surface area contributed by atoms with Gasteiger partial charge in [-0.3, -0.25) is 4.79 Å². The molecule has 0 unspecified atom stereocenters. The van der Waals surface area contributed by atoms with Crippen LogP contribution in [-0.4, -0.2) is 11.3 Å². The van der Waals surface area contributed by atoms with Crippen molar-refractivity contribution in [3.63, 3.8) is 0 Å². The minimum Gasteiger partial charge on any atom is -0.461 e. The third kappa shape index (κ3) is 4.82. The molecule has 0 saturated carbocycles. The highest BCUT2D eigenvalue weighted by Gasteiger charge is 2.06. The van der Waals surface area contributed by atoms with Crippen molar-refractivity contribution in [3.05, 3.63) is 71.3 Å². The minimum atomic E-state index is -0.190. The first kappa shape index (κ1) is 14.8. The molecule has 2 rings (SSSR count). The van der Waals surface area contributed by atoms with Crippen LogP contribution < -0.4 is 0 Å². The maximum atomic E-state index is 11.8. The van der Waals surface area contributed by atoms with Crippen molar-refractivity contribution in [2.45, 2.75) is 19.4 Å². The van der Waals surface area contributed by atoms with Gasteiger partial charge in [-0.1, -0.05) is 70.5 Å². The number of rotatable bonds is 6. The number of hydrogen-bond donors (Lipinski definition) is 0. The molecule has 0 N–H and O–H groups in total. The molecule has 0 aliphatic rings. The van der Waals surface area contributed by atoms with Crippen molar-refractivity contribution < 1.29 is 9.53 Å². The molecular formula is C17H17BrO2. The number of ether oxygens (including phenoxy) is 1. The van der Waals surface area contributed by atoms with Gasteiger partial charge < -0.3 is 4.74 Å². The standard InChI is InChI=1S/C17H17BrO2/c18-10-9-14-7-4-8-16(11-14)12-17(19)20-13-15-5-2-1-3-6-15/h1-8,11H,9-10,12-13H2. The Morgan fingerprint density at radius 2 is 1.65 bits per heavy atom. The average Bonchev–Trinajstić information content (AvgIpc) is 2.47. The lowest BCUT2D eigenvalue weighted by molar-refractivity contribution is -0.144. The van der Waals surface area contributed by atoms with Gasteiger partial charge in [0.15, 0.2) is 0 Å². The van der Waals surface area contributed by atoms with Gasteiger partial charge in [0.25, 0.3) is 0 Å². The molecule has 0 fully saturated rings. The quantitative estimate of drug-likeness (QED) is 0.592. The van der Waals surface area contributed by atoms with Gasteiger partial charge in [-0.15, -0.1) is 0 Å². The number of carbonyl (C=O) groups excluding carboxylic acids is 1. The summed E-state index contributed by atoms with van der Waals surface area (Å²) in [5.74, 6) is -0.190. The maximum Gasteiger partial charge on any atom is 0.310 e. The van der Waals surface area contributed by atoms with E-state index in [1.165, 1.54) is 5.56 Å². The topological polar surface area (TPSA) is 26.3 Å². The minimum absolute atomic E-state index is 0.190. The van der Waals surface area contributed by atoms with Crippen LogP contribution in [0.1, 0.15) is 16.7 Å². The zero-order valence-corrected chi connectivity index (χ0v) is 12.8. The molecule has 0 aliphatic carbocycles. The van der Waals surface area contributed by atoms with E-state index in [-0.39, 0.29) is 5.97 Å². The Balaban J connectivity index is 1.86. The first-order chi connectivity index (χ1) is 9.78. The number of hydrogen-bond acceptors (Lipinski definition) is 2. The van der Waals surface area contributed by atoms with Gasteiger partial charge in [-0.25, -0.2) is 0 Å². The fourth-order valence-electron chi connectivity index (χ4n) is 1.96. The molecular weight excluding hydrogens is 316 g/mol. The van der Waals surface area contributed by atoms with E-state index < -0.39 is 0 Å². The second-order valence-electron chi connectivity index (χ2n) is 4.58. The molecule has 0 amide bonds. The number of benzene rings is 2. The van der Waals surface area contributed by atoms with Gasteiger partial charge in [-0.05, 0) is 23.1 Å². The van der Waals surface area contributed by atoms with Crippen LogP contribution in [0.4, 0.5) is 0 Å². The van der Waals surface area contributed by atoms with E-state index in [4.69, 9.17) is 4.74 Å². The van der Waals surface area contributed by atoms with E-state index in [0.717, 1.165) is 22.9 Å². The van der Waals surface area contributed by atoms with Crippen molar-refractivity contribution in [3.8, 4) is 0 Å². The van der Waals surface area contributed by atoms with E-state index in [2.05, 4.69) is 28.1 Å². The molecule has 2 aromatic carbocycles. The number of esters is 1. The van der Waals surface area contributed by atoms with Crippen molar-refractivity contribution >= 4 is 21.9 Å². The molecule has 2 nitrogen and oxygen atoms in total. The normalized spacial score (nSPS) is 10.2. The summed E-state index contributed by atoms with van der Waals surface area (Å²) in [6.07, 6.45) is 1.29. The zero-order valence-electron chi connectivity index (χ0n) is 11.2. The Kier molecular flexibility index (Phi) is 5.81. The SMILES string of the molecule is O=C(Cc1cccc(CCBr)c1)OCc1ccccc1. The maximum absolute atomic E-state index is 11.8. The summed E-state index contributed by atoms with van der Waals surface area (Å²) in [6, 6.07) is 17.8. The predicted octanol–water partition coefficient (Wildman–Crippen LogP) is 3.91. The molecule has 20 heavy (non-hydrogen) atoms. The summed E-state index contributed by atoms with van der Waals surface area (Å²) >= 11 is 3.42. The number of carbonyl (C=O) groups is 1. The van der Waals surface area contributed by atoms with Gasteiger partial charge in [0.1, 0.15) is 6.61 Å². The predicted molar refractivity (Wildman–Crippen MR) is 83.9 cm³/mol. The monoisotopic (exact) mass is 332 g/mol. The Bertz CT molecular complexity index is 552. The second-order valence-corrected chi connectivity index (χ2v) is 5.37. The van der Waals surface area contributed by atoms with Gasteiger partial charge in [0.05, 0.1) is 6.42 Å². The Morgan fingerprint density at radius 1 is 0.950 bits per heavy atom. The largest absolute Gasteiger partial charge is 0.461 e. The smallest absolute Gasteiger partial charge is 0.310 e. The van der Waals surface area contributed by atoms with E-state index in [1.54, 1.807) is 0 Å². The summed E-state index contributed by atoms with van der Waals surface area (Å²) < 4.78 is 5.28. The molecule has 0 radical (unpaired) electrons. The average molecular weight is 333 g/mol. The van der Waals surface area contributed by atoms with E-state index in [1.807, 2.05) is 42.5 Å². The highest BCUT2D eigenvalue weighted by Crippen LogP contribution is 2.09. The molecule has 0 bridgehead atoms. The van der Waals surface area contributed by atoms with E-state index >= 15 is 0 Å². The molecule has 0 saturated heterocycles. The van der Waals surface area contributed by atoms with E-state index in [0.29, 0.717) is 13.0 Å². The molecule has 104 valence electrons. The Hall–Kier alpha value is -1.61. The van der Waals surface area contributed by atoms with E-state index in [9.17, 15) is 4.79 Å². The third-order valence-electron chi connectivity index (χ3n) is 2.97. The highest BCUT2D eigenvalue weighted by molar-refractivity contribution is 9.09. The van der Waals surface area contributed by atoms with Crippen molar-refractivity contribution in [2.24, 2.45) is 0 Å². The summed E-state index contributed by atoms with van der Waals surface area (Å²) in [4.78, 5) is 11.8. The lowest BCUT2D eigenvalue weighted by Crippen LogP contribution is -2.08. The summed E-state index contributed by atoms with van der Waals surface area (Å²) in [5.41, 5.74) is 3.24. The van der Waals surface area contributed by atoms with Crippen LogP contribution >= 0.6 is 15.9 Å². The molecule has 0 heterocycles. The van der Waals surface area contributed by atoms with Crippen LogP contribution in [0.3, 0.4) is 0 Å². The van der Waals surface area contributed by atoms with Crippen molar-refractivity contribution in [1.82, 2.24) is 0 Å². The molecule has 0 aliphatic heterocycles. The van der Waals surface area contributed by atoms with Gasteiger partial charge in [0, 0.05) is 5.33 Å². The van der Waals surface area contributed by atoms with Crippen LogP contribution in [0.2, 0.25) is 0 Å². The summed E-state index contributed by atoms with van der Waals surface area (Å²) in [6.45, 7) is 0.334. The van der Waals surface area contributed by atoms with Gasteiger partial charge in [-0.2, -0.15) is 0 Å². The molecule has 0 aromatic heterocycles. The van der Waals surface area contributed by atoms with Gasteiger partial charge >= 0.3 is 5.97 Å². The van der Waals surface area contributed by atoms with Gasteiger partial charge in [0.2, 0.25) is 0 Å².